The Kier molecular flexibility index (Phi) is 7.69. The highest BCUT2D eigenvalue weighted by Gasteiger charge is 2.18. The van der Waals surface area contributed by atoms with Crippen LogP contribution in [0, 0.1) is 0 Å². The highest BCUT2D eigenvalue weighted by Crippen LogP contribution is 2.40. The van der Waals surface area contributed by atoms with Crippen molar-refractivity contribution in [3.63, 3.8) is 0 Å². The van der Waals surface area contributed by atoms with E-state index >= 15 is 0 Å². The second kappa shape index (κ2) is 10.9. The third kappa shape index (κ3) is 5.18. The Balaban J connectivity index is 1.85. The van der Waals surface area contributed by atoms with E-state index in [4.69, 9.17) is 4.42 Å². The molecule has 0 N–H and O–H groups in total. The molecular formula is C30H37N3O. The van der Waals surface area contributed by atoms with Crippen LogP contribution in [0.4, 0.5) is 5.69 Å². The number of fused-ring (bicyclic) bond motifs is 2. The minimum Gasteiger partial charge on any atom is -0.456 e. The maximum atomic E-state index is 6.50. The normalized spacial score (nSPS) is 12.2. The summed E-state index contributed by atoms with van der Waals surface area (Å²) in [6.45, 7) is 7.52. The number of anilines is 1. The van der Waals surface area contributed by atoms with Crippen molar-refractivity contribution in [1.82, 2.24) is 4.90 Å². The SMILES string of the molecule is CCCc1ccc(-c2c3ccc(=NC)cc-3oc3cc(N(CC)CCCN(C)C)ccc23)cc1. The van der Waals surface area contributed by atoms with Crippen molar-refractivity contribution >= 4 is 16.7 Å². The fourth-order valence-corrected chi connectivity index (χ4v) is 4.69. The van der Waals surface area contributed by atoms with Crippen LogP contribution in [-0.2, 0) is 6.42 Å². The van der Waals surface area contributed by atoms with Crippen molar-refractivity contribution < 1.29 is 4.42 Å². The molecule has 0 fully saturated rings. The Morgan fingerprint density at radius 1 is 0.882 bits per heavy atom. The van der Waals surface area contributed by atoms with Crippen LogP contribution >= 0.6 is 0 Å². The molecule has 0 amide bonds. The minimum atomic E-state index is 0.871. The maximum absolute atomic E-state index is 6.50. The molecule has 0 saturated carbocycles. The van der Waals surface area contributed by atoms with E-state index in [1.807, 2.05) is 13.1 Å². The predicted octanol–water partition coefficient (Wildman–Crippen LogP) is 6.47. The number of benzene rings is 3. The van der Waals surface area contributed by atoms with Crippen LogP contribution < -0.4 is 10.3 Å². The van der Waals surface area contributed by atoms with E-state index in [1.165, 1.54) is 22.4 Å². The molecule has 0 radical (unpaired) electrons. The summed E-state index contributed by atoms with van der Waals surface area (Å²) in [5, 5.41) is 2.07. The van der Waals surface area contributed by atoms with Gasteiger partial charge in [-0.3, -0.25) is 4.99 Å². The lowest BCUT2D eigenvalue weighted by atomic mass is 9.92. The summed E-state index contributed by atoms with van der Waals surface area (Å²) in [5.41, 5.74) is 7.07. The van der Waals surface area contributed by atoms with Crippen molar-refractivity contribution in [3.05, 3.63) is 71.6 Å². The summed E-state index contributed by atoms with van der Waals surface area (Å²) < 4.78 is 6.50. The topological polar surface area (TPSA) is 32.0 Å². The second-order valence-electron chi connectivity index (χ2n) is 9.25. The standard InChI is InChI=1S/C30H37N3O/c1-6-9-22-10-12-23(13-11-22)30-26-16-14-24(31-3)20-28(26)34-29-21-25(15-17-27(29)30)33(7-2)19-8-18-32(4)5/h10-17,20-21H,6-9,18-19H2,1-5H3. The molecule has 1 aliphatic heterocycles. The highest BCUT2D eigenvalue weighted by atomic mass is 16.3. The van der Waals surface area contributed by atoms with E-state index in [9.17, 15) is 0 Å². The number of rotatable bonds is 9. The van der Waals surface area contributed by atoms with Crippen molar-refractivity contribution in [1.29, 1.82) is 0 Å². The number of aryl methyl sites for hydroxylation is 1. The molecule has 34 heavy (non-hydrogen) atoms. The number of hydrogen-bond donors (Lipinski definition) is 0. The molecule has 178 valence electrons. The Labute approximate surface area is 203 Å². The van der Waals surface area contributed by atoms with Crippen LogP contribution in [0.2, 0.25) is 0 Å². The first-order chi connectivity index (χ1) is 16.5. The fourth-order valence-electron chi connectivity index (χ4n) is 4.69. The first kappa shape index (κ1) is 24.0. The fraction of sp³-hybridized carbons (Fsp3) is 0.367. The van der Waals surface area contributed by atoms with E-state index in [0.29, 0.717) is 0 Å². The van der Waals surface area contributed by atoms with Gasteiger partial charge in [-0.2, -0.15) is 0 Å². The van der Waals surface area contributed by atoms with E-state index in [2.05, 4.69) is 97.3 Å². The Hall–Kier alpha value is -3.11. The molecular weight excluding hydrogens is 418 g/mol. The molecule has 4 nitrogen and oxygen atoms in total. The zero-order valence-corrected chi connectivity index (χ0v) is 21.3. The summed E-state index contributed by atoms with van der Waals surface area (Å²) in [7, 11) is 6.08. The number of hydrogen-bond acceptors (Lipinski definition) is 4. The van der Waals surface area contributed by atoms with Gasteiger partial charge in [-0.1, -0.05) is 37.6 Å². The second-order valence-corrected chi connectivity index (χ2v) is 9.25. The average molecular weight is 456 g/mol. The lowest BCUT2D eigenvalue weighted by Crippen LogP contribution is -2.26. The monoisotopic (exact) mass is 455 g/mol. The Morgan fingerprint density at radius 2 is 1.68 bits per heavy atom. The molecule has 0 spiro atoms. The molecule has 0 unspecified atom stereocenters. The van der Waals surface area contributed by atoms with E-state index in [1.54, 1.807) is 0 Å². The summed E-state index contributed by atoms with van der Waals surface area (Å²) in [4.78, 5) is 9.04. The molecule has 4 heteroatoms. The Bertz CT molecular complexity index is 1270. The van der Waals surface area contributed by atoms with Crippen LogP contribution in [0.25, 0.3) is 33.4 Å². The van der Waals surface area contributed by atoms with Crippen molar-refractivity contribution in [3.8, 4) is 22.5 Å². The van der Waals surface area contributed by atoms with Crippen LogP contribution in [0.5, 0.6) is 0 Å². The van der Waals surface area contributed by atoms with Crippen LogP contribution in [0.15, 0.2) is 70.1 Å². The lowest BCUT2D eigenvalue weighted by molar-refractivity contribution is 0.400. The van der Waals surface area contributed by atoms with Gasteiger partial charge in [0.15, 0.2) is 0 Å². The van der Waals surface area contributed by atoms with Gasteiger partial charge in [0.25, 0.3) is 0 Å². The van der Waals surface area contributed by atoms with Crippen LogP contribution in [-0.4, -0.2) is 45.7 Å². The molecule has 2 aromatic rings. The van der Waals surface area contributed by atoms with Crippen molar-refractivity contribution in [2.75, 3.05) is 45.7 Å². The van der Waals surface area contributed by atoms with E-state index < -0.39 is 0 Å². The summed E-state index contributed by atoms with van der Waals surface area (Å²) >= 11 is 0. The molecule has 0 aromatic heterocycles. The smallest absolute Gasteiger partial charge is 0.137 e. The molecule has 1 heterocycles. The van der Waals surface area contributed by atoms with Crippen molar-refractivity contribution in [2.24, 2.45) is 4.99 Å². The zero-order chi connectivity index (χ0) is 24.1. The van der Waals surface area contributed by atoms with Gasteiger partial charge in [0, 0.05) is 54.5 Å². The summed E-state index contributed by atoms with van der Waals surface area (Å²) in [5.74, 6) is 0.871. The van der Waals surface area contributed by atoms with Gasteiger partial charge in [-0.25, -0.2) is 0 Å². The van der Waals surface area contributed by atoms with Gasteiger partial charge < -0.3 is 14.2 Å². The van der Waals surface area contributed by atoms with Crippen LogP contribution in [0.1, 0.15) is 32.3 Å². The van der Waals surface area contributed by atoms with Gasteiger partial charge in [0.1, 0.15) is 11.3 Å². The largest absolute Gasteiger partial charge is 0.456 e. The first-order valence-electron chi connectivity index (χ1n) is 12.5. The summed E-state index contributed by atoms with van der Waals surface area (Å²) in [6.07, 6.45) is 3.39. The van der Waals surface area contributed by atoms with Crippen LogP contribution in [0.3, 0.4) is 0 Å². The van der Waals surface area contributed by atoms with E-state index in [-0.39, 0.29) is 0 Å². The molecule has 0 atom stereocenters. The van der Waals surface area contributed by atoms with Gasteiger partial charge in [0.05, 0.1) is 5.36 Å². The predicted molar refractivity (Wildman–Crippen MR) is 145 cm³/mol. The number of nitrogens with zero attached hydrogens (tertiary/aromatic N) is 3. The quantitative estimate of drug-likeness (QED) is 0.271. The third-order valence-corrected chi connectivity index (χ3v) is 6.51. The van der Waals surface area contributed by atoms with E-state index in [0.717, 1.165) is 66.5 Å². The molecule has 0 saturated heterocycles. The molecule has 4 rings (SSSR count). The maximum Gasteiger partial charge on any atom is 0.137 e. The molecule has 1 aliphatic carbocycles. The Morgan fingerprint density at radius 3 is 2.35 bits per heavy atom. The summed E-state index contributed by atoms with van der Waals surface area (Å²) in [6, 6.07) is 22.0. The first-order valence-corrected chi connectivity index (χ1v) is 12.5. The average Bonchev–Trinajstić information content (AvgIpc) is 2.85. The van der Waals surface area contributed by atoms with Gasteiger partial charge >= 0.3 is 0 Å². The lowest BCUT2D eigenvalue weighted by Gasteiger charge is -2.25. The highest BCUT2D eigenvalue weighted by molar-refractivity contribution is 6.02. The van der Waals surface area contributed by atoms with Gasteiger partial charge in [0.2, 0.25) is 0 Å². The molecule has 0 bridgehead atoms. The van der Waals surface area contributed by atoms with Crippen molar-refractivity contribution in [2.45, 2.75) is 33.1 Å². The minimum absolute atomic E-state index is 0.871. The van der Waals surface area contributed by atoms with Gasteiger partial charge in [-0.15, -0.1) is 0 Å². The van der Waals surface area contributed by atoms with Gasteiger partial charge in [-0.05, 0) is 75.8 Å². The zero-order valence-electron chi connectivity index (χ0n) is 21.3. The third-order valence-electron chi connectivity index (χ3n) is 6.51. The molecule has 2 aromatic carbocycles. The molecule has 2 aliphatic rings.